The Morgan fingerprint density at radius 1 is 1.52 bits per heavy atom. The molecule has 0 saturated carbocycles. The smallest absolute Gasteiger partial charge is 0.338 e. The molecular formula is C16H19ClN4O4. The van der Waals surface area contributed by atoms with Gasteiger partial charge in [-0.3, -0.25) is 9.59 Å². The second-order valence-corrected chi connectivity index (χ2v) is 6.03. The van der Waals surface area contributed by atoms with Crippen molar-refractivity contribution in [1.82, 2.24) is 15.6 Å². The molecule has 0 aromatic rings. The number of Topliss-reactive ketones (excluding diaryl/α,β-unsaturated/α-hetero) is 1. The fourth-order valence-electron chi connectivity index (χ4n) is 2.29. The number of rotatable bonds is 5. The van der Waals surface area contributed by atoms with E-state index in [1.807, 2.05) is 6.92 Å². The van der Waals surface area contributed by atoms with E-state index in [9.17, 15) is 19.5 Å². The lowest BCUT2D eigenvalue weighted by Gasteiger charge is -2.08. The van der Waals surface area contributed by atoms with Gasteiger partial charge in [-0.1, -0.05) is 17.7 Å². The minimum atomic E-state index is -0.843. The summed E-state index contributed by atoms with van der Waals surface area (Å²) in [6, 6.07) is -0.306. The highest BCUT2D eigenvalue weighted by molar-refractivity contribution is 6.48. The molecule has 2 aliphatic rings. The minimum Gasteiger partial charge on any atom is -0.508 e. The van der Waals surface area contributed by atoms with E-state index >= 15 is 0 Å². The molecule has 1 atom stereocenters. The zero-order chi connectivity index (χ0) is 18.6. The van der Waals surface area contributed by atoms with Gasteiger partial charge in [-0.25, -0.2) is 9.80 Å². The largest absolute Gasteiger partial charge is 0.508 e. The highest BCUT2D eigenvalue weighted by Gasteiger charge is 2.25. The standard InChI is InChI=1S/C16H19ClN4O4/c1-9-8-21(16(25)20-9)19-7-6-18-15(24)14(23)11-4-3-5-12(22)10(2)13(11)17/h4-5,7,9,22H,3,6,8H2,1-2H3,(H,18,24)(H,20,25)/b19-7+/t9-/m0/s1. The van der Waals surface area contributed by atoms with E-state index in [-0.39, 0.29) is 41.4 Å². The van der Waals surface area contributed by atoms with Crippen molar-refractivity contribution < 1.29 is 19.5 Å². The number of ketones is 1. The Bertz CT molecular complexity index is 724. The zero-order valence-corrected chi connectivity index (χ0v) is 14.6. The number of carbonyl (C=O) groups excluding carboxylic acids is 3. The van der Waals surface area contributed by atoms with Gasteiger partial charge in [0.2, 0.25) is 0 Å². The lowest BCUT2D eigenvalue weighted by atomic mass is 10.1. The number of carbonyl (C=O) groups is 3. The number of aliphatic hydroxyl groups is 1. The van der Waals surface area contributed by atoms with Crippen molar-refractivity contribution in [2.45, 2.75) is 26.3 Å². The van der Waals surface area contributed by atoms with Crippen molar-refractivity contribution in [2.75, 3.05) is 13.1 Å². The van der Waals surface area contributed by atoms with Crippen molar-refractivity contribution in [1.29, 1.82) is 0 Å². The van der Waals surface area contributed by atoms with E-state index in [0.717, 1.165) is 0 Å². The summed E-state index contributed by atoms with van der Waals surface area (Å²) in [5, 5.41) is 20.0. The van der Waals surface area contributed by atoms with E-state index < -0.39 is 11.7 Å². The van der Waals surface area contributed by atoms with Crippen LogP contribution in [0.15, 0.2) is 39.2 Å². The minimum absolute atomic E-state index is 0.00480. The normalized spacial score (nSPS) is 21.0. The first-order chi connectivity index (χ1) is 11.8. The fourth-order valence-corrected chi connectivity index (χ4v) is 2.55. The number of nitrogens with one attached hydrogen (secondary N) is 2. The van der Waals surface area contributed by atoms with Crippen LogP contribution in [-0.4, -0.2) is 53.2 Å². The van der Waals surface area contributed by atoms with Crippen molar-refractivity contribution in [3.8, 4) is 0 Å². The van der Waals surface area contributed by atoms with Crippen molar-refractivity contribution in [3.05, 3.63) is 34.1 Å². The number of aliphatic hydroxyl groups excluding tert-OH is 1. The first kappa shape index (κ1) is 18.7. The molecular weight excluding hydrogens is 348 g/mol. The lowest BCUT2D eigenvalue weighted by Crippen LogP contribution is -2.34. The van der Waals surface area contributed by atoms with Crippen molar-refractivity contribution >= 4 is 35.5 Å². The van der Waals surface area contributed by atoms with Gasteiger partial charge >= 0.3 is 6.03 Å². The molecule has 0 radical (unpaired) electrons. The Hall–Kier alpha value is -2.61. The molecule has 2 rings (SSSR count). The van der Waals surface area contributed by atoms with Crippen LogP contribution in [-0.2, 0) is 9.59 Å². The van der Waals surface area contributed by atoms with Crippen LogP contribution in [0.4, 0.5) is 4.79 Å². The van der Waals surface area contributed by atoms with Crippen LogP contribution >= 0.6 is 11.6 Å². The van der Waals surface area contributed by atoms with Crippen LogP contribution < -0.4 is 10.6 Å². The van der Waals surface area contributed by atoms with Crippen molar-refractivity contribution in [2.24, 2.45) is 5.10 Å². The highest BCUT2D eigenvalue weighted by Crippen LogP contribution is 2.27. The van der Waals surface area contributed by atoms with Gasteiger partial charge in [0.1, 0.15) is 5.76 Å². The Balaban J connectivity index is 1.92. The quantitative estimate of drug-likeness (QED) is 0.503. The van der Waals surface area contributed by atoms with Gasteiger partial charge in [0, 0.05) is 23.4 Å². The molecule has 0 aromatic carbocycles. The van der Waals surface area contributed by atoms with Gasteiger partial charge < -0.3 is 15.7 Å². The summed E-state index contributed by atoms with van der Waals surface area (Å²) < 4.78 is 0. The molecule has 3 N–H and O–H groups in total. The van der Waals surface area contributed by atoms with Crippen LogP contribution in [0.1, 0.15) is 20.3 Å². The second kappa shape index (κ2) is 7.98. The summed E-state index contributed by atoms with van der Waals surface area (Å²) in [4.78, 5) is 35.7. The van der Waals surface area contributed by atoms with Crippen LogP contribution in [0.25, 0.3) is 0 Å². The Kier molecular flexibility index (Phi) is 5.97. The van der Waals surface area contributed by atoms with Gasteiger partial charge in [0.15, 0.2) is 0 Å². The number of halogens is 1. The van der Waals surface area contributed by atoms with Gasteiger partial charge in [0.05, 0.1) is 18.1 Å². The Morgan fingerprint density at radius 2 is 2.24 bits per heavy atom. The number of urea groups is 1. The van der Waals surface area contributed by atoms with Crippen molar-refractivity contribution in [3.63, 3.8) is 0 Å². The number of hydrogen-bond acceptors (Lipinski definition) is 5. The van der Waals surface area contributed by atoms with E-state index in [1.54, 1.807) is 6.92 Å². The molecule has 1 aliphatic carbocycles. The topological polar surface area (TPSA) is 111 Å². The third kappa shape index (κ3) is 4.48. The molecule has 25 heavy (non-hydrogen) atoms. The molecule has 1 aliphatic heterocycles. The van der Waals surface area contributed by atoms with Gasteiger partial charge in [-0.05, 0) is 26.3 Å². The SMILES string of the molecule is CC1=C(Cl)C(C(=O)C(=O)NC/C=N/N2C[C@H](C)NC2=O)=CCC=C1O. The van der Waals surface area contributed by atoms with Crippen LogP contribution in [0.5, 0.6) is 0 Å². The number of allylic oxidation sites excluding steroid dienone is 4. The number of hydrazone groups is 1. The molecule has 3 amide bonds. The Labute approximate surface area is 149 Å². The molecule has 1 saturated heterocycles. The van der Waals surface area contributed by atoms with Gasteiger partial charge in [-0.2, -0.15) is 5.10 Å². The third-order valence-electron chi connectivity index (χ3n) is 3.66. The average Bonchev–Trinajstić information content (AvgIpc) is 2.84. The summed E-state index contributed by atoms with van der Waals surface area (Å²) >= 11 is 6.08. The molecule has 0 spiro atoms. The van der Waals surface area contributed by atoms with E-state index in [1.165, 1.54) is 23.4 Å². The third-order valence-corrected chi connectivity index (χ3v) is 4.15. The Morgan fingerprint density at radius 3 is 2.88 bits per heavy atom. The molecule has 0 aromatic heterocycles. The van der Waals surface area contributed by atoms with E-state index in [0.29, 0.717) is 12.1 Å². The maximum absolute atomic E-state index is 12.2. The summed E-state index contributed by atoms with van der Waals surface area (Å²) in [5.41, 5.74) is 0.379. The molecule has 134 valence electrons. The van der Waals surface area contributed by atoms with Gasteiger partial charge in [-0.15, -0.1) is 0 Å². The second-order valence-electron chi connectivity index (χ2n) is 5.65. The van der Waals surface area contributed by atoms with Gasteiger partial charge in [0.25, 0.3) is 11.7 Å². The highest BCUT2D eigenvalue weighted by atomic mass is 35.5. The zero-order valence-electron chi connectivity index (χ0n) is 13.9. The number of hydrogen-bond donors (Lipinski definition) is 3. The molecule has 8 nitrogen and oxygen atoms in total. The molecule has 1 heterocycles. The summed E-state index contributed by atoms with van der Waals surface area (Å²) in [7, 11) is 0. The first-order valence-corrected chi connectivity index (χ1v) is 8.08. The summed E-state index contributed by atoms with van der Waals surface area (Å²) in [5.74, 6) is -1.66. The van der Waals surface area contributed by atoms with E-state index in [2.05, 4.69) is 15.7 Å². The molecule has 0 bridgehead atoms. The molecule has 0 unspecified atom stereocenters. The maximum atomic E-state index is 12.2. The van der Waals surface area contributed by atoms with Crippen LogP contribution in [0.3, 0.4) is 0 Å². The monoisotopic (exact) mass is 366 g/mol. The predicted molar refractivity (Wildman–Crippen MR) is 93.2 cm³/mol. The molecule has 9 heteroatoms. The maximum Gasteiger partial charge on any atom is 0.338 e. The fraction of sp³-hybridized carbons (Fsp3) is 0.375. The van der Waals surface area contributed by atoms with E-state index in [4.69, 9.17) is 11.6 Å². The lowest BCUT2D eigenvalue weighted by molar-refractivity contribution is -0.135. The first-order valence-electron chi connectivity index (χ1n) is 7.70. The number of amides is 3. The average molecular weight is 367 g/mol. The predicted octanol–water partition coefficient (Wildman–Crippen LogP) is 1.36. The number of nitrogens with zero attached hydrogens (tertiary/aromatic N) is 2. The van der Waals surface area contributed by atoms with Crippen LogP contribution in [0.2, 0.25) is 0 Å². The molecule has 1 fully saturated rings. The summed E-state index contributed by atoms with van der Waals surface area (Å²) in [6.07, 6.45) is 4.61. The summed E-state index contributed by atoms with van der Waals surface area (Å²) in [6.45, 7) is 3.83. The van der Waals surface area contributed by atoms with Crippen LogP contribution in [0, 0.1) is 0 Å².